The summed E-state index contributed by atoms with van der Waals surface area (Å²) in [5.74, 6) is -3.54. The number of fused-ring (bicyclic) bond motifs is 2. The van der Waals surface area contributed by atoms with E-state index in [1.54, 1.807) is 13.8 Å². The Hall–Kier alpha value is -1.77. The third-order valence-corrected chi connectivity index (χ3v) is 7.17. The van der Waals surface area contributed by atoms with Crippen LogP contribution in [0, 0.1) is 0 Å². The smallest absolute Gasteiger partial charge is 0.382 e. The van der Waals surface area contributed by atoms with E-state index in [0.717, 1.165) is 0 Å². The molecule has 0 aliphatic carbocycles. The molecular weight excluding hydrogens is 450 g/mol. The minimum Gasteiger partial charge on any atom is -0.382 e. The van der Waals surface area contributed by atoms with Gasteiger partial charge in [0.15, 0.2) is 29.6 Å². The van der Waals surface area contributed by atoms with Crippen molar-refractivity contribution in [3.63, 3.8) is 0 Å². The average Bonchev–Trinajstić information content (AvgIpc) is 3.39. The number of nitrogens with zero attached hydrogens (tertiary/aromatic N) is 5. The second-order valence-corrected chi connectivity index (χ2v) is 10.0. The third kappa shape index (κ3) is 3.70. The summed E-state index contributed by atoms with van der Waals surface area (Å²) in [4.78, 5) is 22.6. The Morgan fingerprint density at radius 1 is 1.28 bits per heavy atom. The molecule has 5 heterocycles. The maximum atomic E-state index is 16.1. The van der Waals surface area contributed by atoms with E-state index in [4.69, 9.17) is 29.2 Å². The lowest BCUT2D eigenvalue weighted by atomic mass is 10.1. The van der Waals surface area contributed by atoms with Crippen molar-refractivity contribution in [3.05, 3.63) is 12.7 Å². The predicted octanol–water partition coefficient (Wildman–Crippen LogP) is 0.572. The van der Waals surface area contributed by atoms with Gasteiger partial charge in [-0.2, -0.15) is 0 Å². The number of hydrogen-bond donors (Lipinski definition) is 2. The van der Waals surface area contributed by atoms with Crippen LogP contribution < -0.4 is 5.73 Å². The van der Waals surface area contributed by atoms with E-state index in [9.17, 15) is 9.46 Å². The van der Waals surface area contributed by atoms with Gasteiger partial charge in [0.2, 0.25) is 0 Å². The second kappa shape index (κ2) is 7.64. The van der Waals surface area contributed by atoms with Crippen LogP contribution in [-0.4, -0.2) is 85.8 Å². The van der Waals surface area contributed by atoms with E-state index in [1.165, 1.54) is 21.9 Å². The first-order valence-corrected chi connectivity index (χ1v) is 11.6. The lowest BCUT2D eigenvalue weighted by molar-refractivity contribution is -0.262. The van der Waals surface area contributed by atoms with Gasteiger partial charge >= 0.3 is 7.75 Å². The minimum absolute atomic E-state index is 0.161. The minimum atomic E-state index is -4.28. The molecule has 2 unspecified atom stereocenters. The quantitative estimate of drug-likeness (QED) is 0.582. The molecule has 0 aromatic carbocycles. The number of alkyl halides is 1. The lowest BCUT2D eigenvalue weighted by Gasteiger charge is -2.32. The Labute approximate surface area is 182 Å². The molecular formula is C17H24FN6O7P. The van der Waals surface area contributed by atoms with Crippen LogP contribution in [0.25, 0.3) is 11.2 Å². The van der Waals surface area contributed by atoms with Crippen LogP contribution >= 0.6 is 7.75 Å². The predicted molar refractivity (Wildman–Crippen MR) is 106 cm³/mol. The van der Waals surface area contributed by atoms with Crippen LogP contribution in [0.15, 0.2) is 12.7 Å². The van der Waals surface area contributed by atoms with Gasteiger partial charge in [0.1, 0.15) is 24.6 Å². The number of aromatic nitrogens is 4. The summed E-state index contributed by atoms with van der Waals surface area (Å²) in [7, 11) is -4.28. The summed E-state index contributed by atoms with van der Waals surface area (Å²) in [6.07, 6.45) is -0.536. The van der Waals surface area contributed by atoms with Gasteiger partial charge in [-0.3, -0.25) is 9.09 Å². The molecule has 0 amide bonds. The van der Waals surface area contributed by atoms with Gasteiger partial charge in [-0.1, -0.05) is 0 Å². The Morgan fingerprint density at radius 3 is 2.78 bits per heavy atom. The average molecular weight is 474 g/mol. The number of rotatable bonds is 5. The molecule has 3 aliphatic heterocycles. The van der Waals surface area contributed by atoms with Gasteiger partial charge in [0, 0.05) is 13.1 Å². The molecule has 2 aromatic heterocycles. The fraction of sp³-hybridized carbons (Fsp3) is 0.706. The van der Waals surface area contributed by atoms with Crippen LogP contribution in [-0.2, 0) is 28.0 Å². The number of halogens is 1. The zero-order valence-corrected chi connectivity index (χ0v) is 18.4. The van der Waals surface area contributed by atoms with Crippen molar-refractivity contribution in [1.29, 1.82) is 0 Å². The van der Waals surface area contributed by atoms with Gasteiger partial charge in [0.05, 0.1) is 19.5 Å². The highest BCUT2D eigenvalue weighted by Gasteiger charge is 2.65. The summed E-state index contributed by atoms with van der Waals surface area (Å²) in [5, 5.41) is 0. The fourth-order valence-corrected chi connectivity index (χ4v) is 5.29. The molecule has 3 N–H and O–H groups in total. The van der Waals surface area contributed by atoms with Crippen LogP contribution in [0.4, 0.5) is 10.2 Å². The highest BCUT2D eigenvalue weighted by molar-refractivity contribution is 7.50. The number of nitrogen functional groups attached to an aromatic ring is 1. The standard InChI is InChI=1S/C17H24FN6O7P/c1-16(2)29-11-12(30-16)17(18,7-28-32(25,26)23-3-5-27-6-4-23)31-15(11)24-9-22-10-13(19)20-8-21-14(10)24/h8-9,11-12,15H,3-7H2,1-2H3,(H,25,26)(H2,19,20,21)/t11?,12-,15-,17-/m1/s1. The third-order valence-electron chi connectivity index (χ3n) is 5.59. The number of imidazole rings is 1. The molecule has 5 rings (SSSR count). The molecule has 5 atom stereocenters. The van der Waals surface area contributed by atoms with Crippen LogP contribution in [0.1, 0.15) is 20.1 Å². The maximum absolute atomic E-state index is 16.1. The van der Waals surface area contributed by atoms with Gasteiger partial charge in [-0.25, -0.2) is 28.6 Å². The molecule has 0 saturated carbocycles. The van der Waals surface area contributed by atoms with Crippen molar-refractivity contribution in [2.75, 3.05) is 38.6 Å². The number of nitrogens with two attached hydrogens (primary N) is 1. The Bertz CT molecular complexity index is 1070. The van der Waals surface area contributed by atoms with Crippen molar-refractivity contribution in [2.45, 2.75) is 43.9 Å². The Balaban J connectivity index is 1.43. The van der Waals surface area contributed by atoms with Crippen LogP contribution in [0.5, 0.6) is 0 Å². The van der Waals surface area contributed by atoms with Crippen LogP contribution in [0.2, 0.25) is 0 Å². The largest absolute Gasteiger partial charge is 0.405 e. The highest BCUT2D eigenvalue weighted by atomic mass is 31.2. The zero-order chi connectivity index (χ0) is 22.7. The SMILES string of the molecule is CC1(C)OC2[C@H](n3cnc4c(N)ncnc43)O[C@](F)(COP(=O)(O)N3CCOCC3)[C@@H]2O1. The molecule has 32 heavy (non-hydrogen) atoms. The van der Waals surface area contributed by atoms with E-state index in [0.29, 0.717) is 11.2 Å². The molecule has 3 fully saturated rings. The van der Waals surface area contributed by atoms with Gasteiger partial charge < -0.3 is 29.6 Å². The van der Waals surface area contributed by atoms with Gasteiger partial charge in [-0.05, 0) is 13.8 Å². The molecule has 3 aliphatic rings. The number of hydrogen-bond acceptors (Lipinski definition) is 10. The van der Waals surface area contributed by atoms with Gasteiger partial charge in [-0.15, -0.1) is 0 Å². The van der Waals surface area contributed by atoms with E-state index >= 15 is 4.39 Å². The summed E-state index contributed by atoms with van der Waals surface area (Å²) in [6.45, 7) is 3.37. The number of morpholine rings is 1. The van der Waals surface area contributed by atoms with E-state index < -0.39 is 44.4 Å². The van der Waals surface area contributed by atoms with Crippen molar-refractivity contribution < 1.29 is 37.3 Å². The topological polar surface area (TPSA) is 156 Å². The summed E-state index contributed by atoms with van der Waals surface area (Å²) in [5.41, 5.74) is 6.49. The van der Waals surface area contributed by atoms with E-state index in [2.05, 4.69) is 15.0 Å². The fourth-order valence-electron chi connectivity index (χ4n) is 4.11. The van der Waals surface area contributed by atoms with Crippen molar-refractivity contribution in [2.24, 2.45) is 0 Å². The zero-order valence-electron chi connectivity index (χ0n) is 17.5. The molecule has 0 bridgehead atoms. The Morgan fingerprint density at radius 2 is 2.03 bits per heavy atom. The highest BCUT2D eigenvalue weighted by Crippen LogP contribution is 2.53. The van der Waals surface area contributed by atoms with Crippen molar-refractivity contribution >= 4 is 24.7 Å². The van der Waals surface area contributed by atoms with Crippen molar-refractivity contribution in [3.8, 4) is 0 Å². The normalized spacial score (nSPS) is 34.6. The number of ether oxygens (including phenoxy) is 4. The molecule has 3 saturated heterocycles. The summed E-state index contributed by atoms with van der Waals surface area (Å²) in [6, 6.07) is 0. The molecule has 0 spiro atoms. The monoisotopic (exact) mass is 474 g/mol. The van der Waals surface area contributed by atoms with Gasteiger partial charge in [0.25, 0.3) is 5.85 Å². The molecule has 15 heteroatoms. The summed E-state index contributed by atoms with van der Waals surface area (Å²) < 4.78 is 59.2. The first-order chi connectivity index (χ1) is 15.1. The summed E-state index contributed by atoms with van der Waals surface area (Å²) >= 11 is 0. The first kappa shape index (κ1) is 22.0. The van der Waals surface area contributed by atoms with E-state index in [1.807, 2.05) is 0 Å². The first-order valence-electron chi connectivity index (χ1n) is 10.1. The van der Waals surface area contributed by atoms with Crippen LogP contribution in [0.3, 0.4) is 0 Å². The lowest BCUT2D eigenvalue weighted by Crippen LogP contribution is -2.44. The maximum Gasteiger partial charge on any atom is 0.405 e. The number of anilines is 1. The van der Waals surface area contributed by atoms with E-state index in [-0.39, 0.29) is 32.1 Å². The second-order valence-electron chi connectivity index (χ2n) is 8.23. The Kier molecular flexibility index (Phi) is 5.26. The molecule has 13 nitrogen and oxygen atoms in total. The molecule has 2 aromatic rings. The molecule has 176 valence electrons. The molecule has 0 radical (unpaired) electrons. The van der Waals surface area contributed by atoms with Crippen molar-refractivity contribution in [1.82, 2.24) is 24.2 Å².